The van der Waals surface area contributed by atoms with Crippen LogP contribution in [0.1, 0.15) is 28.7 Å². The summed E-state index contributed by atoms with van der Waals surface area (Å²) in [4.78, 5) is 14.1. The van der Waals surface area contributed by atoms with Crippen LogP contribution >= 0.6 is 0 Å². The number of nitrogens with one attached hydrogen (secondary N) is 1. The van der Waals surface area contributed by atoms with Gasteiger partial charge in [0.05, 0.1) is 23.3 Å². The van der Waals surface area contributed by atoms with E-state index in [1.54, 1.807) is 43.0 Å². The number of fused-ring (bicyclic) bond motifs is 2. The zero-order valence-corrected chi connectivity index (χ0v) is 14.2. The summed E-state index contributed by atoms with van der Waals surface area (Å²) in [7, 11) is 0. The van der Waals surface area contributed by atoms with Crippen molar-refractivity contribution in [1.82, 2.24) is 24.6 Å². The van der Waals surface area contributed by atoms with E-state index < -0.39 is 0 Å². The summed E-state index contributed by atoms with van der Waals surface area (Å²) in [5, 5.41) is 14.1. The van der Waals surface area contributed by atoms with Crippen molar-refractivity contribution >= 4 is 11.3 Å². The van der Waals surface area contributed by atoms with Gasteiger partial charge < -0.3 is 9.88 Å². The minimum atomic E-state index is -0.360. The fourth-order valence-corrected chi connectivity index (χ4v) is 3.65. The highest BCUT2D eigenvalue weighted by Gasteiger charge is 2.35. The third-order valence-corrected chi connectivity index (χ3v) is 4.85. The second kappa shape index (κ2) is 5.92. The van der Waals surface area contributed by atoms with Gasteiger partial charge in [-0.1, -0.05) is 0 Å². The predicted octanol–water partition coefficient (Wildman–Crippen LogP) is 2.62. The normalized spacial score (nSPS) is 16.3. The van der Waals surface area contributed by atoms with Crippen molar-refractivity contribution in [3.63, 3.8) is 0 Å². The highest BCUT2D eigenvalue weighted by atomic mass is 19.1. The minimum absolute atomic E-state index is 0.337. The number of aromatic amines is 1. The number of rotatable bonds is 2. The first-order valence-corrected chi connectivity index (χ1v) is 8.54. The Morgan fingerprint density at radius 1 is 1.26 bits per heavy atom. The highest BCUT2D eigenvalue weighted by molar-refractivity contribution is 5.59. The van der Waals surface area contributed by atoms with Gasteiger partial charge in [0, 0.05) is 31.1 Å². The molecule has 0 saturated carbocycles. The topological polar surface area (TPSA) is 85.9 Å². The summed E-state index contributed by atoms with van der Waals surface area (Å²) >= 11 is 0. The first kappa shape index (κ1) is 15.5. The first-order valence-electron chi connectivity index (χ1n) is 8.54. The zero-order valence-electron chi connectivity index (χ0n) is 14.2. The number of halogens is 1. The smallest absolute Gasteiger partial charge is 0.148 e. The summed E-state index contributed by atoms with van der Waals surface area (Å²) in [5.41, 5.74) is 3.37. The van der Waals surface area contributed by atoms with Crippen LogP contribution in [0.15, 0.2) is 49.1 Å². The first-order chi connectivity index (χ1) is 13.3. The maximum absolute atomic E-state index is 14.2. The Kier molecular flexibility index (Phi) is 3.40. The molecule has 7 nitrogen and oxygen atoms in total. The van der Waals surface area contributed by atoms with E-state index >= 15 is 0 Å². The molecule has 0 bridgehead atoms. The Balaban J connectivity index is 1.72. The highest BCUT2D eigenvalue weighted by Crippen LogP contribution is 2.37. The number of aromatic nitrogens is 5. The van der Waals surface area contributed by atoms with E-state index in [0.29, 0.717) is 29.1 Å². The summed E-state index contributed by atoms with van der Waals surface area (Å²) in [6, 6.07) is 10.1. The molecule has 5 heterocycles. The van der Waals surface area contributed by atoms with E-state index in [-0.39, 0.29) is 11.9 Å². The maximum Gasteiger partial charge on any atom is 0.148 e. The molecule has 1 atom stereocenters. The third-order valence-electron chi connectivity index (χ3n) is 4.85. The molecular formula is C19H14FN7. The lowest BCUT2D eigenvalue weighted by atomic mass is 9.99. The molecule has 1 N–H and O–H groups in total. The second-order valence-electron chi connectivity index (χ2n) is 6.35. The van der Waals surface area contributed by atoms with E-state index in [9.17, 15) is 9.65 Å². The Morgan fingerprint density at radius 2 is 2.19 bits per heavy atom. The van der Waals surface area contributed by atoms with Gasteiger partial charge in [0.15, 0.2) is 0 Å². The number of H-pyrrole nitrogens is 1. The molecule has 5 rings (SSSR count). The molecule has 0 unspecified atom stereocenters. The van der Waals surface area contributed by atoms with E-state index in [1.165, 1.54) is 10.6 Å². The molecule has 0 radical (unpaired) electrons. The number of hydrogen-bond acceptors (Lipinski definition) is 5. The summed E-state index contributed by atoms with van der Waals surface area (Å²) in [5.74, 6) is 0.243. The number of hydrogen-bond donors (Lipinski definition) is 1. The van der Waals surface area contributed by atoms with Gasteiger partial charge in [-0.15, -0.1) is 0 Å². The van der Waals surface area contributed by atoms with E-state index in [1.807, 2.05) is 4.90 Å². The van der Waals surface area contributed by atoms with Crippen molar-refractivity contribution in [3.8, 4) is 6.07 Å². The Bertz CT molecular complexity index is 1190. The van der Waals surface area contributed by atoms with Crippen molar-refractivity contribution in [2.45, 2.75) is 12.5 Å². The molecule has 4 aromatic heterocycles. The number of pyridine rings is 2. The lowest BCUT2D eigenvalue weighted by Gasteiger charge is -2.35. The lowest BCUT2D eigenvalue weighted by Crippen LogP contribution is -2.37. The van der Waals surface area contributed by atoms with E-state index in [4.69, 9.17) is 0 Å². The Labute approximate surface area is 153 Å². The molecule has 0 saturated heterocycles. The quantitative estimate of drug-likeness (QED) is 0.595. The number of nitriles is 1. The van der Waals surface area contributed by atoms with Crippen molar-refractivity contribution < 1.29 is 4.39 Å². The van der Waals surface area contributed by atoms with Gasteiger partial charge in [-0.2, -0.15) is 10.4 Å². The van der Waals surface area contributed by atoms with E-state index in [2.05, 4.69) is 26.1 Å². The second-order valence-corrected chi connectivity index (χ2v) is 6.35. The van der Waals surface area contributed by atoms with Gasteiger partial charge in [0.2, 0.25) is 0 Å². The van der Waals surface area contributed by atoms with Crippen LogP contribution in [0.3, 0.4) is 0 Å². The fraction of sp³-hybridized carbons (Fsp3) is 0.158. The Morgan fingerprint density at radius 3 is 3.04 bits per heavy atom. The maximum atomic E-state index is 14.2. The van der Waals surface area contributed by atoms with Crippen molar-refractivity contribution in [2.24, 2.45) is 0 Å². The molecule has 132 valence electrons. The summed E-state index contributed by atoms with van der Waals surface area (Å²) in [6.07, 6.45) is 5.77. The van der Waals surface area contributed by atoms with Gasteiger partial charge in [0.25, 0.3) is 0 Å². The summed E-state index contributed by atoms with van der Waals surface area (Å²) in [6.45, 7) is 0.641. The van der Waals surface area contributed by atoms with Crippen molar-refractivity contribution in [3.05, 3.63) is 77.5 Å². The largest absolute Gasteiger partial charge is 0.348 e. The van der Waals surface area contributed by atoms with Crippen LogP contribution in [-0.4, -0.2) is 31.1 Å². The molecule has 27 heavy (non-hydrogen) atoms. The molecule has 0 amide bonds. The molecule has 8 heteroatoms. The molecule has 4 aromatic rings. The standard InChI is InChI=1S/C19H14FN7/c20-13-4-2-7-27-16(13)9-15(25-27)18-17-14(23-11-24-17)5-8-26(18)19-12(10-21)3-1-6-22-19/h1-4,6-7,9,11,18H,5,8H2,(H,23,24)/t18-/m0/s1. The molecule has 0 aromatic carbocycles. The molecule has 0 aliphatic carbocycles. The van der Waals surface area contributed by atoms with Gasteiger partial charge in [-0.05, 0) is 30.3 Å². The van der Waals surface area contributed by atoms with Crippen LogP contribution in [0, 0.1) is 17.1 Å². The molecule has 1 aliphatic rings. The number of imidazole rings is 1. The zero-order chi connectivity index (χ0) is 18.4. The van der Waals surface area contributed by atoms with Crippen LogP contribution in [0.5, 0.6) is 0 Å². The van der Waals surface area contributed by atoms with Gasteiger partial charge >= 0.3 is 0 Å². The Hall–Kier alpha value is -3.73. The minimum Gasteiger partial charge on any atom is -0.348 e. The van der Waals surface area contributed by atoms with Crippen LogP contribution in [-0.2, 0) is 6.42 Å². The lowest BCUT2D eigenvalue weighted by molar-refractivity contribution is 0.608. The van der Waals surface area contributed by atoms with Gasteiger partial charge in [0.1, 0.15) is 29.3 Å². The molecule has 1 aliphatic heterocycles. The van der Waals surface area contributed by atoms with Crippen LogP contribution in [0.25, 0.3) is 5.52 Å². The van der Waals surface area contributed by atoms with Crippen LogP contribution in [0.2, 0.25) is 0 Å². The number of nitrogens with zero attached hydrogens (tertiary/aromatic N) is 6. The van der Waals surface area contributed by atoms with Crippen LogP contribution < -0.4 is 4.90 Å². The predicted molar refractivity (Wildman–Crippen MR) is 95.6 cm³/mol. The molecular weight excluding hydrogens is 345 g/mol. The van der Waals surface area contributed by atoms with Crippen molar-refractivity contribution in [1.29, 1.82) is 5.26 Å². The van der Waals surface area contributed by atoms with Crippen molar-refractivity contribution in [2.75, 3.05) is 11.4 Å². The monoisotopic (exact) mass is 359 g/mol. The fourth-order valence-electron chi connectivity index (χ4n) is 3.65. The van der Waals surface area contributed by atoms with Crippen LogP contribution in [0.4, 0.5) is 10.2 Å². The van der Waals surface area contributed by atoms with E-state index in [0.717, 1.165) is 17.8 Å². The molecule has 0 spiro atoms. The average molecular weight is 359 g/mol. The van der Waals surface area contributed by atoms with Gasteiger partial charge in [-0.3, -0.25) is 0 Å². The summed E-state index contributed by atoms with van der Waals surface area (Å²) < 4.78 is 15.7. The molecule has 0 fully saturated rings. The van der Waals surface area contributed by atoms with Gasteiger partial charge in [-0.25, -0.2) is 18.9 Å². The average Bonchev–Trinajstić information content (AvgIpc) is 3.34. The third kappa shape index (κ3) is 2.36. The number of anilines is 1. The SMILES string of the molecule is N#Cc1cccnc1N1CCc2[nH]cnc2[C@@H]1c1cc2c(F)cccn2n1.